The third-order valence-corrected chi connectivity index (χ3v) is 4.57. The molecule has 0 bridgehead atoms. The molecule has 98 valence electrons. The summed E-state index contributed by atoms with van der Waals surface area (Å²) in [6.07, 6.45) is 2.09. The Hall–Kier alpha value is -1.03. The van der Waals surface area contributed by atoms with E-state index in [2.05, 4.69) is 19.2 Å². The molecule has 2 rings (SSSR count). The van der Waals surface area contributed by atoms with Crippen molar-refractivity contribution in [3.8, 4) is 0 Å². The highest BCUT2D eigenvalue weighted by Gasteiger charge is 2.32. The van der Waals surface area contributed by atoms with Crippen LogP contribution in [0.2, 0.25) is 0 Å². The first-order chi connectivity index (χ1) is 8.57. The molecule has 1 heterocycles. The van der Waals surface area contributed by atoms with Crippen LogP contribution < -0.4 is 5.32 Å². The van der Waals surface area contributed by atoms with Crippen LogP contribution in [0, 0.1) is 12.7 Å². The van der Waals surface area contributed by atoms with Crippen molar-refractivity contribution in [3.05, 3.63) is 29.6 Å². The highest BCUT2D eigenvalue weighted by atomic mass is 32.2. The van der Waals surface area contributed by atoms with Gasteiger partial charge in [0.05, 0.1) is 5.54 Å². The number of aryl methyl sites for hydroxylation is 1. The smallest absolute Gasteiger partial charge is 0.161 e. The lowest BCUT2D eigenvalue weighted by Crippen LogP contribution is -2.24. The van der Waals surface area contributed by atoms with Gasteiger partial charge in [-0.05, 0) is 43.5 Å². The zero-order chi connectivity index (χ0) is 13.2. The van der Waals surface area contributed by atoms with Crippen molar-refractivity contribution in [3.63, 3.8) is 0 Å². The molecule has 1 N–H and O–H groups in total. The molecule has 0 saturated heterocycles. The van der Waals surface area contributed by atoms with Crippen LogP contribution in [0.3, 0.4) is 0 Å². The zero-order valence-electron chi connectivity index (χ0n) is 11.1. The normalized spacial score (nSPS) is 17.7. The number of rotatable bonds is 3. The van der Waals surface area contributed by atoms with Gasteiger partial charge in [0.2, 0.25) is 0 Å². The average molecular weight is 266 g/mol. The maximum Gasteiger partial charge on any atom is 0.161 e. The molecule has 2 nitrogen and oxygen atoms in total. The predicted octanol–water partition coefficient (Wildman–Crippen LogP) is 4.21. The summed E-state index contributed by atoms with van der Waals surface area (Å²) >= 11 is 1.72. The van der Waals surface area contributed by atoms with Gasteiger partial charge in [-0.1, -0.05) is 25.6 Å². The van der Waals surface area contributed by atoms with Crippen LogP contribution >= 0.6 is 11.8 Å². The summed E-state index contributed by atoms with van der Waals surface area (Å²) in [4.78, 5) is 4.76. The third kappa shape index (κ3) is 2.86. The van der Waals surface area contributed by atoms with Crippen LogP contribution in [0.4, 0.5) is 10.1 Å². The summed E-state index contributed by atoms with van der Waals surface area (Å²) in [5.41, 5.74) is 1.76. The van der Waals surface area contributed by atoms with Crippen molar-refractivity contribution < 1.29 is 4.39 Å². The summed E-state index contributed by atoms with van der Waals surface area (Å²) in [6, 6.07) is 4.97. The van der Waals surface area contributed by atoms with Crippen molar-refractivity contribution >= 4 is 22.6 Å². The Labute approximate surface area is 112 Å². The number of hydrogen-bond donors (Lipinski definition) is 1. The van der Waals surface area contributed by atoms with Gasteiger partial charge in [0.25, 0.3) is 0 Å². The van der Waals surface area contributed by atoms with E-state index in [1.807, 2.05) is 13.0 Å². The minimum Gasteiger partial charge on any atom is -0.335 e. The van der Waals surface area contributed by atoms with E-state index < -0.39 is 0 Å². The number of aliphatic imine (C=N–C) groups is 1. The topological polar surface area (TPSA) is 24.4 Å². The first kappa shape index (κ1) is 13.4. The molecule has 0 aliphatic carbocycles. The molecule has 4 heteroatoms. The van der Waals surface area contributed by atoms with E-state index in [9.17, 15) is 4.39 Å². The van der Waals surface area contributed by atoms with Gasteiger partial charge in [0, 0.05) is 11.4 Å². The lowest BCUT2D eigenvalue weighted by atomic mass is 9.97. The highest BCUT2D eigenvalue weighted by molar-refractivity contribution is 8.14. The first-order valence-electron chi connectivity index (χ1n) is 6.34. The molecule has 18 heavy (non-hydrogen) atoms. The summed E-state index contributed by atoms with van der Waals surface area (Å²) in [5.74, 6) is 0.801. The maximum absolute atomic E-state index is 13.3. The molecule has 0 aromatic heterocycles. The SMILES string of the molecule is CCC1(CC)CSC(Nc2cc(C)cc(F)c2)=N1. The van der Waals surface area contributed by atoms with Gasteiger partial charge in [-0.3, -0.25) is 4.99 Å². The van der Waals surface area contributed by atoms with Gasteiger partial charge in [-0.2, -0.15) is 0 Å². The number of amidine groups is 1. The number of benzene rings is 1. The van der Waals surface area contributed by atoms with Crippen LogP contribution in [-0.4, -0.2) is 16.5 Å². The van der Waals surface area contributed by atoms with Crippen LogP contribution in [-0.2, 0) is 0 Å². The summed E-state index contributed by atoms with van der Waals surface area (Å²) in [5, 5.41) is 4.13. The van der Waals surface area contributed by atoms with Crippen molar-refractivity contribution in [2.75, 3.05) is 11.1 Å². The molecule has 0 saturated carbocycles. The molecule has 1 aliphatic rings. The quantitative estimate of drug-likeness (QED) is 0.886. The Balaban J connectivity index is 2.15. The van der Waals surface area contributed by atoms with E-state index in [1.54, 1.807) is 11.8 Å². The Kier molecular flexibility index (Phi) is 3.95. The molecule has 0 fully saturated rings. The van der Waals surface area contributed by atoms with Gasteiger partial charge in [0.15, 0.2) is 5.17 Å². The van der Waals surface area contributed by atoms with E-state index in [4.69, 9.17) is 4.99 Å². The van der Waals surface area contributed by atoms with Crippen molar-refractivity contribution in [2.24, 2.45) is 4.99 Å². The molecule has 1 aromatic rings. The van der Waals surface area contributed by atoms with Crippen molar-refractivity contribution in [1.29, 1.82) is 0 Å². The number of nitrogens with zero attached hydrogens (tertiary/aromatic N) is 1. The fourth-order valence-electron chi connectivity index (χ4n) is 2.09. The average Bonchev–Trinajstić information content (AvgIpc) is 2.72. The number of thioether (sulfide) groups is 1. The van der Waals surface area contributed by atoms with Gasteiger partial charge >= 0.3 is 0 Å². The summed E-state index contributed by atoms with van der Waals surface area (Å²) < 4.78 is 13.3. The van der Waals surface area contributed by atoms with Crippen LogP contribution in [0.1, 0.15) is 32.3 Å². The molecule has 0 radical (unpaired) electrons. The summed E-state index contributed by atoms with van der Waals surface area (Å²) in [6.45, 7) is 6.23. The standard InChI is InChI=1S/C14H19FN2S/c1-4-14(5-2)9-18-13(17-14)16-12-7-10(3)6-11(15)8-12/h6-8H,4-5,9H2,1-3H3,(H,16,17). The van der Waals surface area contributed by atoms with E-state index >= 15 is 0 Å². The van der Waals surface area contributed by atoms with E-state index in [0.29, 0.717) is 0 Å². The van der Waals surface area contributed by atoms with Crippen molar-refractivity contribution in [1.82, 2.24) is 0 Å². The van der Waals surface area contributed by atoms with E-state index in [0.717, 1.165) is 35.0 Å². The number of anilines is 1. The molecule has 0 atom stereocenters. The lowest BCUT2D eigenvalue weighted by molar-refractivity contribution is 0.456. The van der Waals surface area contributed by atoms with Crippen LogP contribution in [0.15, 0.2) is 23.2 Å². The molecular formula is C14H19FN2S. The largest absolute Gasteiger partial charge is 0.335 e. The van der Waals surface area contributed by atoms with Crippen LogP contribution in [0.25, 0.3) is 0 Å². The van der Waals surface area contributed by atoms with Crippen LogP contribution in [0.5, 0.6) is 0 Å². The van der Waals surface area contributed by atoms with E-state index in [1.165, 1.54) is 12.1 Å². The maximum atomic E-state index is 13.3. The fourth-order valence-corrected chi connectivity index (χ4v) is 3.42. The molecule has 0 spiro atoms. The Morgan fingerprint density at radius 3 is 2.61 bits per heavy atom. The molecular weight excluding hydrogens is 247 g/mol. The third-order valence-electron chi connectivity index (χ3n) is 3.43. The first-order valence-corrected chi connectivity index (χ1v) is 7.32. The minimum absolute atomic E-state index is 0.0649. The predicted molar refractivity (Wildman–Crippen MR) is 78.0 cm³/mol. The number of hydrogen-bond acceptors (Lipinski definition) is 3. The lowest BCUT2D eigenvalue weighted by Gasteiger charge is -2.20. The Morgan fingerprint density at radius 2 is 2.06 bits per heavy atom. The monoisotopic (exact) mass is 266 g/mol. The Bertz CT molecular complexity index is 447. The zero-order valence-corrected chi connectivity index (χ0v) is 11.9. The second kappa shape index (κ2) is 5.31. The number of halogens is 1. The summed E-state index contributed by atoms with van der Waals surface area (Å²) in [7, 11) is 0. The van der Waals surface area contributed by atoms with Gasteiger partial charge < -0.3 is 5.32 Å². The van der Waals surface area contributed by atoms with Gasteiger partial charge in [-0.25, -0.2) is 4.39 Å². The van der Waals surface area contributed by atoms with Crippen molar-refractivity contribution in [2.45, 2.75) is 39.2 Å². The van der Waals surface area contributed by atoms with E-state index in [-0.39, 0.29) is 11.4 Å². The highest BCUT2D eigenvalue weighted by Crippen LogP contribution is 2.33. The Morgan fingerprint density at radius 1 is 1.33 bits per heavy atom. The minimum atomic E-state index is -0.210. The second-order valence-corrected chi connectivity index (χ2v) is 5.74. The molecule has 0 amide bonds. The fraction of sp³-hybridized carbons (Fsp3) is 0.500. The van der Waals surface area contributed by atoms with Gasteiger partial charge in [-0.15, -0.1) is 0 Å². The second-order valence-electron chi connectivity index (χ2n) is 4.78. The molecule has 1 aliphatic heterocycles. The molecule has 0 unspecified atom stereocenters. The van der Waals surface area contributed by atoms with Gasteiger partial charge in [0.1, 0.15) is 5.82 Å². The molecule has 1 aromatic carbocycles. The number of nitrogens with one attached hydrogen (secondary N) is 1.